The van der Waals surface area contributed by atoms with Gasteiger partial charge in [0.05, 0.1) is 0 Å². The summed E-state index contributed by atoms with van der Waals surface area (Å²) >= 11 is 0. The van der Waals surface area contributed by atoms with Gasteiger partial charge >= 0.3 is 6.18 Å². The number of rotatable bonds is 1. The Kier molecular flexibility index (Phi) is 2.59. The first-order valence-electron chi connectivity index (χ1n) is 4.79. The van der Waals surface area contributed by atoms with Crippen molar-refractivity contribution in [2.24, 2.45) is 5.73 Å². The Bertz CT molecular complexity index is 505. The molecule has 0 spiro atoms. The van der Waals surface area contributed by atoms with Crippen molar-refractivity contribution in [2.45, 2.75) is 12.2 Å². The second-order valence-corrected chi connectivity index (χ2v) is 3.63. The minimum atomic E-state index is -4.40. The molecule has 0 aromatic heterocycles. The lowest BCUT2D eigenvalue weighted by atomic mass is 10.0. The fourth-order valence-corrected chi connectivity index (χ4v) is 1.59. The molecular weight excluding hydrogens is 215 g/mol. The molecule has 4 heteroatoms. The lowest BCUT2D eigenvalue weighted by Gasteiger charge is -2.16. The highest BCUT2D eigenvalue weighted by Gasteiger charge is 2.37. The molecule has 0 heterocycles. The van der Waals surface area contributed by atoms with Gasteiger partial charge in [-0.05, 0) is 22.4 Å². The summed E-state index contributed by atoms with van der Waals surface area (Å²) in [6.07, 6.45) is -4.40. The van der Waals surface area contributed by atoms with E-state index in [2.05, 4.69) is 0 Å². The predicted octanol–water partition coefficient (Wildman–Crippen LogP) is 3.40. The quantitative estimate of drug-likeness (QED) is 0.790. The van der Waals surface area contributed by atoms with Gasteiger partial charge in [-0.15, -0.1) is 0 Å². The first-order valence-corrected chi connectivity index (χ1v) is 4.79. The average molecular weight is 225 g/mol. The minimum absolute atomic E-state index is 0.0891. The lowest BCUT2D eigenvalue weighted by Crippen LogP contribution is -2.28. The molecule has 0 aliphatic heterocycles. The van der Waals surface area contributed by atoms with E-state index >= 15 is 0 Å². The van der Waals surface area contributed by atoms with Gasteiger partial charge in [0.2, 0.25) is 0 Å². The van der Waals surface area contributed by atoms with Crippen LogP contribution in [0.4, 0.5) is 13.2 Å². The van der Waals surface area contributed by atoms with Crippen molar-refractivity contribution in [3.05, 3.63) is 48.0 Å². The molecule has 0 bridgehead atoms. The number of benzene rings is 2. The Balaban J connectivity index is 2.47. The van der Waals surface area contributed by atoms with Gasteiger partial charge in [0.1, 0.15) is 6.04 Å². The topological polar surface area (TPSA) is 26.0 Å². The Morgan fingerprint density at radius 1 is 0.938 bits per heavy atom. The van der Waals surface area contributed by atoms with Crippen LogP contribution in [-0.2, 0) is 0 Å². The molecule has 16 heavy (non-hydrogen) atoms. The largest absolute Gasteiger partial charge is 0.407 e. The summed E-state index contributed by atoms with van der Waals surface area (Å²) < 4.78 is 37.2. The third-order valence-electron chi connectivity index (χ3n) is 2.49. The monoisotopic (exact) mass is 225 g/mol. The Hall–Kier alpha value is -1.55. The number of halogens is 3. The van der Waals surface area contributed by atoms with Crippen molar-refractivity contribution in [3.8, 4) is 0 Å². The van der Waals surface area contributed by atoms with Gasteiger partial charge in [0.25, 0.3) is 0 Å². The van der Waals surface area contributed by atoms with Crippen molar-refractivity contribution in [1.82, 2.24) is 0 Å². The number of nitrogens with two attached hydrogens (primary N) is 1. The van der Waals surface area contributed by atoms with Crippen LogP contribution in [0.15, 0.2) is 42.5 Å². The molecular formula is C12H10F3N. The fraction of sp³-hybridized carbons (Fsp3) is 0.167. The molecule has 1 atom stereocenters. The van der Waals surface area contributed by atoms with Crippen LogP contribution < -0.4 is 5.73 Å². The van der Waals surface area contributed by atoms with Crippen LogP contribution in [0.3, 0.4) is 0 Å². The van der Waals surface area contributed by atoms with Crippen molar-refractivity contribution in [1.29, 1.82) is 0 Å². The second kappa shape index (κ2) is 3.79. The van der Waals surface area contributed by atoms with Crippen LogP contribution in [0.1, 0.15) is 11.6 Å². The summed E-state index contributed by atoms with van der Waals surface area (Å²) in [5, 5.41) is 1.67. The van der Waals surface area contributed by atoms with Gasteiger partial charge in [0, 0.05) is 0 Å². The van der Waals surface area contributed by atoms with Crippen LogP contribution in [0.5, 0.6) is 0 Å². The van der Waals surface area contributed by atoms with Crippen LogP contribution in [0.25, 0.3) is 10.8 Å². The molecule has 0 radical (unpaired) electrons. The van der Waals surface area contributed by atoms with Crippen LogP contribution >= 0.6 is 0 Å². The molecule has 2 rings (SSSR count). The highest BCUT2D eigenvalue weighted by Crippen LogP contribution is 2.31. The predicted molar refractivity (Wildman–Crippen MR) is 56.9 cm³/mol. The first kappa shape index (κ1) is 11.0. The van der Waals surface area contributed by atoms with Crippen molar-refractivity contribution in [2.75, 3.05) is 0 Å². The molecule has 2 aromatic carbocycles. The number of alkyl halides is 3. The first-order chi connectivity index (χ1) is 7.48. The van der Waals surface area contributed by atoms with E-state index in [-0.39, 0.29) is 5.56 Å². The number of hydrogen-bond donors (Lipinski definition) is 1. The minimum Gasteiger partial charge on any atom is -0.316 e. The molecule has 0 aliphatic rings. The van der Waals surface area contributed by atoms with Crippen molar-refractivity contribution in [3.63, 3.8) is 0 Å². The zero-order chi connectivity index (χ0) is 11.8. The van der Waals surface area contributed by atoms with E-state index in [1.165, 1.54) is 12.1 Å². The summed E-state index contributed by atoms with van der Waals surface area (Å²) in [5.74, 6) is 0. The van der Waals surface area contributed by atoms with Gasteiger partial charge < -0.3 is 5.73 Å². The molecule has 1 nitrogen and oxygen atoms in total. The van der Waals surface area contributed by atoms with E-state index in [1.54, 1.807) is 18.2 Å². The van der Waals surface area contributed by atoms with E-state index in [9.17, 15) is 13.2 Å². The molecule has 0 amide bonds. The maximum atomic E-state index is 12.4. The van der Waals surface area contributed by atoms with Crippen molar-refractivity contribution >= 4 is 10.8 Å². The summed E-state index contributed by atoms with van der Waals surface area (Å²) in [7, 11) is 0. The fourth-order valence-electron chi connectivity index (χ4n) is 1.59. The Labute approximate surface area is 90.7 Å². The molecule has 0 unspecified atom stereocenters. The molecule has 0 saturated carbocycles. The highest BCUT2D eigenvalue weighted by molar-refractivity contribution is 5.83. The van der Waals surface area contributed by atoms with Gasteiger partial charge in [-0.1, -0.05) is 36.4 Å². The van der Waals surface area contributed by atoms with Gasteiger partial charge in [0.15, 0.2) is 0 Å². The molecule has 0 saturated heterocycles. The van der Waals surface area contributed by atoms with E-state index in [4.69, 9.17) is 5.73 Å². The van der Waals surface area contributed by atoms with E-state index in [0.717, 1.165) is 10.8 Å². The third-order valence-corrected chi connectivity index (χ3v) is 2.49. The normalized spacial score (nSPS) is 14.0. The van der Waals surface area contributed by atoms with E-state index < -0.39 is 12.2 Å². The van der Waals surface area contributed by atoms with Crippen LogP contribution in [0, 0.1) is 0 Å². The Morgan fingerprint density at radius 3 is 2.19 bits per heavy atom. The third kappa shape index (κ3) is 2.02. The standard InChI is InChI=1S/C12H10F3N/c13-12(14,15)11(16)10-6-5-8-3-1-2-4-9(8)7-10/h1-7,11H,16H2/t11-/m0/s1. The van der Waals surface area contributed by atoms with Crippen LogP contribution in [-0.4, -0.2) is 6.18 Å². The van der Waals surface area contributed by atoms with Gasteiger partial charge in [-0.2, -0.15) is 13.2 Å². The second-order valence-electron chi connectivity index (χ2n) is 3.63. The lowest BCUT2D eigenvalue weighted by molar-refractivity contribution is -0.149. The number of fused-ring (bicyclic) bond motifs is 1. The zero-order valence-corrected chi connectivity index (χ0v) is 8.33. The summed E-state index contributed by atoms with van der Waals surface area (Å²) in [4.78, 5) is 0. The van der Waals surface area contributed by atoms with E-state index in [0.29, 0.717) is 0 Å². The zero-order valence-electron chi connectivity index (χ0n) is 8.33. The van der Waals surface area contributed by atoms with E-state index in [1.807, 2.05) is 12.1 Å². The molecule has 2 aromatic rings. The summed E-state index contributed by atoms with van der Waals surface area (Å²) in [6, 6.07) is 9.86. The smallest absolute Gasteiger partial charge is 0.316 e. The SMILES string of the molecule is N[C@@H](c1ccc2ccccc2c1)C(F)(F)F. The maximum absolute atomic E-state index is 12.4. The van der Waals surface area contributed by atoms with Gasteiger partial charge in [-0.25, -0.2) is 0 Å². The summed E-state index contributed by atoms with van der Waals surface area (Å²) in [5.41, 5.74) is 5.23. The summed E-state index contributed by atoms with van der Waals surface area (Å²) in [6.45, 7) is 0. The van der Waals surface area contributed by atoms with Gasteiger partial charge in [-0.3, -0.25) is 0 Å². The maximum Gasteiger partial charge on any atom is 0.407 e. The molecule has 0 fully saturated rings. The average Bonchev–Trinajstić information content (AvgIpc) is 2.26. The highest BCUT2D eigenvalue weighted by atomic mass is 19.4. The van der Waals surface area contributed by atoms with Crippen molar-refractivity contribution < 1.29 is 13.2 Å². The van der Waals surface area contributed by atoms with Crippen LogP contribution in [0.2, 0.25) is 0 Å². The number of hydrogen-bond acceptors (Lipinski definition) is 1. The molecule has 2 N–H and O–H groups in total. The molecule has 0 aliphatic carbocycles. The molecule has 84 valence electrons. The Morgan fingerprint density at radius 2 is 1.56 bits per heavy atom.